The molecule has 0 spiro atoms. The number of amides is 1. The summed E-state index contributed by atoms with van der Waals surface area (Å²) < 4.78 is 0. The van der Waals surface area contributed by atoms with Crippen molar-refractivity contribution in [3.63, 3.8) is 0 Å². The molecule has 1 aliphatic carbocycles. The smallest absolute Gasteiger partial charge is 0.229 e. The molecule has 1 aromatic rings. The number of nitrogens with zero attached hydrogens (tertiary/aromatic N) is 1. The van der Waals surface area contributed by atoms with Crippen LogP contribution in [0.5, 0.6) is 0 Å². The molecule has 1 aliphatic rings. The average Bonchev–Trinajstić information content (AvgIpc) is 3.20. The zero-order chi connectivity index (χ0) is 13.8. The van der Waals surface area contributed by atoms with Crippen molar-refractivity contribution in [2.75, 3.05) is 0 Å². The molecule has 3 nitrogen and oxygen atoms in total. The monoisotopic (exact) mass is 276 g/mol. The Morgan fingerprint density at radius 3 is 2.53 bits per heavy atom. The molecule has 4 heteroatoms. The number of rotatable bonds is 4. The maximum absolute atomic E-state index is 11.8. The standard InChI is InChI=1S/C15H20N2OS/c1-11(2)17(10-12-6-4-3-5-7-12)15(19)16-14(18)13-8-9-13/h3-7,11,13H,8-10H2,1-2H3,(H,16,18,19). The van der Waals surface area contributed by atoms with Crippen molar-refractivity contribution in [1.29, 1.82) is 0 Å². The van der Waals surface area contributed by atoms with Crippen LogP contribution in [0.4, 0.5) is 0 Å². The Balaban J connectivity index is 1.98. The molecule has 0 aliphatic heterocycles. The van der Waals surface area contributed by atoms with Crippen molar-refractivity contribution in [2.24, 2.45) is 5.92 Å². The molecule has 102 valence electrons. The van der Waals surface area contributed by atoms with Gasteiger partial charge in [-0.05, 0) is 44.5 Å². The summed E-state index contributed by atoms with van der Waals surface area (Å²) >= 11 is 5.37. The van der Waals surface area contributed by atoms with E-state index in [-0.39, 0.29) is 17.9 Å². The van der Waals surface area contributed by atoms with E-state index in [0.29, 0.717) is 5.11 Å². The van der Waals surface area contributed by atoms with Gasteiger partial charge in [-0.2, -0.15) is 0 Å². The lowest BCUT2D eigenvalue weighted by molar-refractivity contribution is -0.121. The molecule has 1 aromatic carbocycles. The molecular formula is C15H20N2OS. The fraction of sp³-hybridized carbons (Fsp3) is 0.467. The molecule has 0 atom stereocenters. The molecule has 0 heterocycles. The second-order valence-electron chi connectivity index (χ2n) is 5.28. The second kappa shape index (κ2) is 6.15. The van der Waals surface area contributed by atoms with Crippen molar-refractivity contribution in [3.8, 4) is 0 Å². The van der Waals surface area contributed by atoms with Gasteiger partial charge in [0.2, 0.25) is 5.91 Å². The minimum atomic E-state index is 0.0729. The van der Waals surface area contributed by atoms with Gasteiger partial charge >= 0.3 is 0 Å². The number of carbonyl (C=O) groups excluding carboxylic acids is 1. The topological polar surface area (TPSA) is 32.3 Å². The van der Waals surface area contributed by atoms with E-state index in [1.54, 1.807) is 0 Å². The average molecular weight is 276 g/mol. The van der Waals surface area contributed by atoms with Gasteiger partial charge < -0.3 is 10.2 Å². The molecule has 0 unspecified atom stereocenters. The highest BCUT2D eigenvalue weighted by atomic mass is 32.1. The number of hydrogen-bond acceptors (Lipinski definition) is 2. The number of benzene rings is 1. The first-order chi connectivity index (χ1) is 9.08. The summed E-state index contributed by atoms with van der Waals surface area (Å²) in [5, 5.41) is 3.40. The van der Waals surface area contributed by atoms with Crippen LogP contribution in [0.25, 0.3) is 0 Å². The van der Waals surface area contributed by atoms with Crippen LogP contribution in [0.3, 0.4) is 0 Å². The minimum Gasteiger partial charge on any atom is -0.342 e. The van der Waals surface area contributed by atoms with Gasteiger partial charge in [-0.15, -0.1) is 0 Å². The van der Waals surface area contributed by atoms with Crippen molar-refractivity contribution >= 4 is 23.2 Å². The van der Waals surface area contributed by atoms with Crippen LogP contribution in [0.2, 0.25) is 0 Å². The van der Waals surface area contributed by atoms with E-state index in [9.17, 15) is 4.79 Å². The fourth-order valence-corrected chi connectivity index (χ4v) is 2.27. The Hall–Kier alpha value is -1.42. The lowest BCUT2D eigenvalue weighted by atomic mass is 10.2. The summed E-state index contributed by atoms with van der Waals surface area (Å²) in [5.74, 6) is 0.257. The summed E-state index contributed by atoms with van der Waals surface area (Å²) in [6, 6.07) is 10.4. The lowest BCUT2D eigenvalue weighted by Crippen LogP contribution is -2.46. The van der Waals surface area contributed by atoms with E-state index in [1.807, 2.05) is 23.1 Å². The maximum atomic E-state index is 11.8. The van der Waals surface area contributed by atoms with Gasteiger partial charge in [-0.25, -0.2) is 0 Å². The predicted octanol–water partition coefficient (Wildman–Crippen LogP) is 2.71. The highest BCUT2D eigenvalue weighted by molar-refractivity contribution is 7.80. The molecule has 1 saturated carbocycles. The maximum Gasteiger partial charge on any atom is 0.229 e. The van der Waals surface area contributed by atoms with Gasteiger partial charge in [0.1, 0.15) is 0 Å². The molecular weight excluding hydrogens is 256 g/mol. The van der Waals surface area contributed by atoms with Gasteiger partial charge in [0, 0.05) is 18.5 Å². The van der Waals surface area contributed by atoms with Gasteiger partial charge in [-0.1, -0.05) is 30.3 Å². The van der Waals surface area contributed by atoms with Gasteiger partial charge in [-0.3, -0.25) is 4.79 Å². The Morgan fingerprint density at radius 2 is 2.00 bits per heavy atom. The summed E-state index contributed by atoms with van der Waals surface area (Å²) in [7, 11) is 0. The Labute approximate surface area is 120 Å². The molecule has 0 radical (unpaired) electrons. The van der Waals surface area contributed by atoms with Crippen molar-refractivity contribution in [3.05, 3.63) is 35.9 Å². The lowest BCUT2D eigenvalue weighted by Gasteiger charge is -2.29. The first kappa shape index (κ1) is 14.0. The van der Waals surface area contributed by atoms with Crippen LogP contribution in [0.1, 0.15) is 32.3 Å². The molecule has 2 rings (SSSR count). The van der Waals surface area contributed by atoms with Crippen LogP contribution in [-0.4, -0.2) is 22.0 Å². The predicted molar refractivity (Wildman–Crippen MR) is 80.6 cm³/mol. The molecule has 1 amide bonds. The SMILES string of the molecule is CC(C)N(Cc1ccccc1)C(=S)NC(=O)C1CC1. The Morgan fingerprint density at radius 1 is 1.37 bits per heavy atom. The first-order valence-electron chi connectivity index (χ1n) is 6.73. The summed E-state index contributed by atoms with van der Waals surface area (Å²) in [6.45, 7) is 4.89. The zero-order valence-corrected chi connectivity index (χ0v) is 12.2. The van der Waals surface area contributed by atoms with E-state index in [2.05, 4.69) is 31.3 Å². The third-order valence-corrected chi connectivity index (χ3v) is 3.59. The van der Waals surface area contributed by atoms with Crippen molar-refractivity contribution < 1.29 is 4.79 Å². The van der Waals surface area contributed by atoms with Crippen LogP contribution >= 0.6 is 12.2 Å². The highest BCUT2D eigenvalue weighted by Crippen LogP contribution is 2.28. The fourth-order valence-electron chi connectivity index (χ4n) is 1.89. The summed E-state index contributed by atoms with van der Waals surface area (Å²) in [5.41, 5.74) is 1.19. The van der Waals surface area contributed by atoms with E-state index < -0.39 is 0 Å². The largest absolute Gasteiger partial charge is 0.342 e. The zero-order valence-electron chi connectivity index (χ0n) is 11.4. The van der Waals surface area contributed by atoms with E-state index in [0.717, 1.165) is 19.4 Å². The molecule has 1 N–H and O–H groups in total. The molecule has 0 aromatic heterocycles. The number of hydrogen-bond donors (Lipinski definition) is 1. The normalized spacial score (nSPS) is 14.3. The summed E-state index contributed by atoms with van der Waals surface area (Å²) in [4.78, 5) is 13.8. The molecule has 1 fully saturated rings. The third-order valence-electron chi connectivity index (χ3n) is 3.26. The second-order valence-corrected chi connectivity index (χ2v) is 5.66. The first-order valence-corrected chi connectivity index (χ1v) is 7.14. The van der Waals surface area contributed by atoms with Gasteiger partial charge in [0.25, 0.3) is 0 Å². The van der Waals surface area contributed by atoms with Crippen LogP contribution in [0, 0.1) is 5.92 Å². The van der Waals surface area contributed by atoms with Crippen molar-refractivity contribution in [2.45, 2.75) is 39.3 Å². The Kier molecular flexibility index (Phi) is 4.53. The summed E-state index contributed by atoms with van der Waals surface area (Å²) in [6.07, 6.45) is 1.99. The van der Waals surface area contributed by atoms with E-state index in [1.165, 1.54) is 5.56 Å². The van der Waals surface area contributed by atoms with Crippen LogP contribution < -0.4 is 5.32 Å². The van der Waals surface area contributed by atoms with Gasteiger partial charge in [0.05, 0.1) is 0 Å². The van der Waals surface area contributed by atoms with Gasteiger partial charge in [0.15, 0.2) is 5.11 Å². The number of carbonyl (C=O) groups is 1. The third kappa shape index (κ3) is 4.03. The number of nitrogens with one attached hydrogen (secondary N) is 1. The molecule has 0 saturated heterocycles. The van der Waals surface area contributed by atoms with Crippen molar-refractivity contribution in [1.82, 2.24) is 10.2 Å². The Bertz CT molecular complexity index is 454. The molecule has 19 heavy (non-hydrogen) atoms. The van der Waals surface area contributed by atoms with E-state index in [4.69, 9.17) is 12.2 Å². The number of thiocarbonyl (C=S) groups is 1. The minimum absolute atomic E-state index is 0.0729. The van der Waals surface area contributed by atoms with Crippen LogP contribution in [-0.2, 0) is 11.3 Å². The quantitative estimate of drug-likeness (QED) is 0.858. The van der Waals surface area contributed by atoms with Crippen LogP contribution in [0.15, 0.2) is 30.3 Å². The highest BCUT2D eigenvalue weighted by Gasteiger charge is 2.31. The van der Waals surface area contributed by atoms with E-state index >= 15 is 0 Å². The molecule has 0 bridgehead atoms.